The van der Waals surface area contributed by atoms with E-state index in [0.29, 0.717) is 5.15 Å². The van der Waals surface area contributed by atoms with Crippen LogP contribution in [0, 0.1) is 5.92 Å². The molecule has 0 bridgehead atoms. The summed E-state index contributed by atoms with van der Waals surface area (Å²) in [4.78, 5) is 4.51. The van der Waals surface area contributed by atoms with Crippen molar-refractivity contribution in [2.75, 3.05) is 13.1 Å². The van der Waals surface area contributed by atoms with Crippen LogP contribution in [-0.4, -0.2) is 22.5 Å². The predicted molar refractivity (Wildman–Crippen MR) is 77.2 cm³/mol. The summed E-state index contributed by atoms with van der Waals surface area (Å²) in [5.74, 6) is 1.80. The quantitative estimate of drug-likeness (QED) is 0.916. The third-order valence-corrected chi connectivity index (χ3v) is 4.33. The molecule has 0 spiro atoms. The van der Waals surface area contributed by atoms with Gasteiger partial charge in [0.05, 0.1) is 5.52 Å². The number of hydrogen-bond acceptors (Lipinski definition) is 2. The van der Waals surface area contributed by atoms with E-state index in [9.17, 15) is 0 Å². The van der Waals surface area contributed by atoms with Gasteiger partial charge in [0.15, 0.2) is 5.15 Å². The minimum atomic E-state index is 0.597. The monoisotopic (exact) mass is 327 g/mol. The largest absolute Gasteiger partial charge is 0.317 e. The number of halogens is 2. The molecule has 1 saturated heterocycles. The van der Waals surface area contributed by atoms with E-state index in [2.05, 4.69) is 30.6 Å². The Morgan fingerprint density at radius 3 is 3.00 bits per heavy atom. The molecule has 1 aliphatic rings. The molecular formula is C13H15BrClN3. The van der Waals surface area contributed by atoms with Crippen LogP contribution in [0.1, 0.15) is 18.7 Å². The van der Waals surface area contributed by atoms with Gasteiger partial charge in [0.2, 0.25) is 0 Å². The van der Waals surface area contributed by atoms with Crippen molar-refractivity contribution in [2.24, 2.45) is 5.92 Å². The topological polar surface area (TPSA) is 29.3 Å². The Bertz CT molecular complexity index is 561. The number of aromatic nitrogens is 2. The fraction of sp³-hybridized carbons (Fsp3) is 0.462. The maximum atomic E-state index is 6.20. The molecule has 0 radical (unpaired) electrons. The summed E-state index contributed by atoms with van der Waals surface area (Å²) >= 11 is 9.67. The van der Waals surface area contributed by atoms with Gasteiger partial charge in [-0.25, -0.2) is 4.98 Å². The molecule has 5 heteroatoms. The van der Waals surface area contributed by atoms with E-state index in [0.717, 1.165) is 41.2 Å². The lowest BCUT2D eigenvalue weighted by Crippen LogP contribution is -2.29. The van der Waals surface area contributed by atoms with Gasteiger partial charge < -0.3 is 9.72 Å². The second-order valence-electron chi connectivity index (χ2n) is 4.82. The van der Waals surface area contributed by atoms with E-state index in [1.165, 1.54) is 12.8 Å². The lowest BCUT2D eigenvalue weighted by atomic mass is 9.94. The highest BCUT2D eigenvalue weighted by atomic mass is 79.9. The molecule has 0 unspecified atom stereocenters. The van der Waals surface area contributed by atoms with Crippen LogP contribution in [0.4, 0.5) is 0 Å². The SMILES string of the molecule is Clc1nc(CC2CCNCC2)n2ccc(Br)cc12. The molecule has 1 fully saturated rings. The summed E-state index contributed by atoms with van der Waals surface area (Å²) in [5, 5.41) is 3.99. The minimum absolute atomic E-state index is 0.597. The molecule has 0 amide bonds. The number of nitrogens with zero attached hydrogens (tertiary/aromatic N) is 2. The average molecular weight is 329 g/mol. The number of piperidine rings is 1. The van der Waals surface area contributed by atoms with Gasteiger partial charge in [0.25, 0.3) is 0 Å². The van der Waals surface area contributed by atoms with Crippen LogP contribution in [0.2, 0.25) is 5.15 Å². The van der Waals surface area contributed by atoms with Crippen LogP contribution in [0.25, 0.3) is 5.52 Å². The summed E-state index contributed by atoms with van der Waals surface area (Å²) < 4.78 is 3.14. The van der Waals surface area contributed by atoms with Crippen molar-refractivity contribution in [3.05, 3.63) is 33.8 Å². The Hall–Kier alpha value is -0.580. The number of hydrogen-bond donors (Lipinski definition) is 1. The molecule has 3 rings (SSSR count). The van der Waals surface area contributed by atoms with Crippen molar-refractivity contribution < 1.29 is 0 Å². The van der Waals surface area contributed by atoms with Gasteiger partial charge in [0.1, 0.15) is 5.82 Å². The zero-order chi connectivity index (χ0) is 12.5. The minimum Gasteiger partial charge on any atom is -0.317 e. The third-order valence-electron chi connectivity index (χ3n) is 3.56. The lowest BCUT2D eigenvalue weighted by Gasteiger charge is -2.21. The molecule has 2 aromatic heterocycles. The van der Waals surface area contributed by atoms with Crippen LogP contribution >= 0.6 is 27.5 Å². The molecule has 96 valence electrons. The maximum absolute atomic E-state index is 6.20. The second kappa shape index (κ2) is 5.19. The van der Waals surface area contributed by atoms with Crippen molar-refractivity contribution >= 4 is 33.0 Å². The zero-order valence-electron chi connectivity index (χ0n) is 10.00. The van der Waals surface area contributed by atoms with E-state index >= 15 is 0 Å². The normalized spacial score (nSPS) is 17.4. The van der Waals surface area contributed by atoms with Gasteiger partial charge in [-0.2, -0.15) is 0 Å². The van der Waals surface area contributed by atoms with Gasteiger partial charge in [-0.05, 0) is 44.0 Å². The maximum Gasteiger partial charge on any atom is 0.155 e. The number of pyridine rings is 1. The van der Waals surface area contributed by atoms with Gasteiger partial charge in [-0.15, -0.1) is 0 Å². The van der Waals surface area contributed by atoms with Crippen LogP contribution in [0.5, 0.6) is 0 Å². The van der Waals surface area contributed by atoms with E-state index in [-0.39, 0.29) is 0 Å². The Morgan fingerprint density at radius 2 is 2.22 bits per heavy atom. The van der Waals surface area contributed by atoms with Crippen LogP contribution in [-0.2, 0) is 6.42 Å². The molecule has 0 saturated carbocycles. The molecule has 1 N–H and O–H groups in total. The number of fused-ring (bicyclic) bond motifs is 1. The standard InChI is InChI=1S/C13H15BrClN3/c14-10-3-6-18-11(8-10)13(15)17-12(18)7-9-1-4-16-5-2-9/h3,6,8-9,16H,1-2,4-5,7H2. The van der Waals surface area contributed by atoms with Crippen LogP contribution in [0.15, 0.2) is 22.8 Å². The molecule has 3 heterocycles. The fourth-order valence-corrected chi connectivity index (χ4v) is 3.15. The second-order valence-corrected chi connectivity index (χ2v) is 6.09. The highest BCUT2D eigenvalue weighted by Gasteiger charge is 2.17. The molecule has 2 aromatic rings. The summed E-state index contributed by atoms with van der Waals surface area (Å²) in [6.45, 7) is 2.24. The van der Waals surface area contributed by atoms with Crippen molar-refractivity contribution in [1.29, 1.82) is 0 Å². The number of imidazole rings is 1. The first kappa shape index (κ1) is 12.5. The third kappa shape index (κ3) is 2.42. The molecule has 3 nitrogen and oxygen atoms in total. The van der Waals surface area contributed by atoms with Crippen molar-refractivity contribution in [3.8, 4) is 0 Å². The number of nitrogens with one attached hydrogen (secondary N) is 1. The van der Waals surface area contributed by atoms with Gasteiger partial charge in [-0.3, -0.25) is 0 Å². The van der Waals surface area contributed by atoms with Gasteiger partial charge in [0, 0.05) is 17.1 Å². The first-order valence-electron chi connectivity index (χ1n) is 6.27. The van der Waals surface area contributed by atoms with Crippen molar-refractivity contribution in [3.63, 3.8) is 0 Å². The van der Waals surface area contributed by atoms with E-state index in [4.69, 9.17) is 11.6 Å². The Labute approximate surface area is 120 Å². The van der Waals surface area contributed by atoms with Gasteiger partial charge in [-0.1, -0.05) is 27.5 Å². The number of rotatable bonds is 2. The molecule has 0 aromatic carbocycles. The lowest BCUT2D eigenvalue weighted by molar-refractivity contribution is 0.367. The average Bonchev–Trinajstić information content (AvgIpc) is 2.67. The van der Waals surface area contributed by atoms with E-state index in [1.54, 1.807) is 0 Å². The van der Waals surface area contributed by atoms with E-state index < -0.39 is 0 Å². The highest BCUT2D eigenvalue weighted by Crippen LogP contribution is 2.25. The first-order chi connectivity index (χ1) is 8.74. The van der Waals surface area contributed by atoms with Gasteiger partial charge >= 0.3 is 0 Å². The first-order valence-corrected chi connectivity index (χ1v) is 7.44. The van der Waals surface area contributed by atoms with Crippen molar-refractivity contribution in [1.82, 2.24) is 14.7 Å². The zero-order valence-corrected chi connectivity index (χ0v) is 12.3. The molecular weight excluding hydrogens is 314 g/mol. The molecule has 0 atom stereocenters. The summed E-state index contributed by atoms with van der Waals surface area (Å²) in [6, 6.07) is 4.04. The summed E-state index contributed by atoms with van der Waals surface area (Å²) in [7, 11) is 0. The Balaban J connectivity index is 1.91. The van der Waals surface area contributed by atoms with Crippen LogP contribution in [0.3, 0.4) is 0 Å². The smallest absolute Gasteiger partial charge is 0.155 e. The summed E-state index contributed by atoms with van der Waals surface area (Å²) in [6.07, 6.45) is 5.50. The van der Waals surface area contributed by atoms with Crippen molar-refractivity contribution in [2.45, 2.75) is 19.3 Å². The van der Waals surface area contributed by atoms with E-state index in [1.807, 2.05) is 18.3 Å². The molecule has 1 aliphatic heterocycles. The van der Waals surface area contributed by atoms with Crippen LogP contribution < -0.4 is 5.32 Å². The fourth-order valence-electron chi connectivity index (χ4n) is 2.57. The Morgan fingerprint density at radius 1 is 1.44 bits per heavy atom. The Kier molecular flexibility index (Phi) is 3.59. The predicted octanol–water partition coefficient (Wildman–Crippen LogP) is 3.29. The summed E-state index contributed by atoms with van der Waals surface area (Å²) in [5.41, 5.74) is 0.981. The highest BCUT2D eigenvalue weighted by molar-refractivity contribution is 9.10. The molecule has 18 heavy (non-hydrogen) atoms. The molecule has 0 aliphatic carbocycles.